The first-order valence-electron chi connectivity index (χ1n) is 5.35. The second-order valence-corrected chi connectivity index (χ2v) is 5.56. The molecule has 1 rings (SSSR count). The highest BCUT2D eigenvalue weighted by atomic mass is 79.9. The maximum Gasteiger partial charge on any atom is 0.237 e. The van der Waals surface area contributed by atoms with Gasteiger partial charge in [-0.3, -0.25) is 9.48 Å². The summed E-state index contributed by atoms with van der Waals surface area (Å²) < 4.78 is 1.92. The highest BCUT2D eigenvalue weighted by Gasteiger charge is 2.17. The molecule has 16 heavy (non-hydrogen) atoms. The molecule has 0 aliphatic rings. The van der Waals surface area contributed by atoms with Crippen LogP contribution in [0.2, 0.25) is 0 Å². The van der Waals surface area contributed by atoms with E-state index in [4.69, 9.17) is 0 Å². The molecule has 1 aromatic heterocycles. The van der Waals surface area contributed by atoms with Crippen LogP contribution >= 0.6 is 15.9 Å². The van der Waals surface area contributed by atoms with Crippen molar-refractivity contribution in [2.45, 2.75) is 45.5 Å². The highest BCUT2D eigenvalue weighted by Crippen LogP contribution is 2.22. The SMILES string of the molecule is Cc1nn(C(C)C)c(C)c1NC(=O)C(C)Br. The Morgan fingerprint density at radius 2 is 1.94 bits per heavy atom. The van der Waals surface area contributed by atoms with Crippen molar-refractivity contribution in [1.82, 2.24) is 9.78 Å². The van der Waals surface area contributed by atoms with Gasteiger partial charge in [0.1, 0.15) is 0 Å². The lowest BCUT2D eigenvalue weighted by atomic mass is 10.3. The monoisotopic (exact) mass is 287 g/mol. The van der Waals surface area contributed by atoms with Gasteiger partial charge in [0.05, 0.1) is 21.9 Å². The van der Waals surface area contributed by atoms with E-state index in [2.05, 4.69) is 40.2 Å². The lowest BCUT2D eigenvalue weighted by Crippen LogP contribution is -2.20. The number of carbonyl (C=O) groups is 1. The lowest BCUT2D eigenvalue weighted by Gasteiger charge is -2.10. The minimum Gasteiger partial charge on any atom is -0.322 e. The van der Waals surface area contributed by atoms with Crippen molar-refractivity contribution < 1.29 is 4.79 Å². The number of rotatable bonds is 3. The molecule has 1 heterocycles. The Morgan fingerprint density at radius 1 is 1.38 bits per heavy atom. The number of hydrogen-bond acceptors (Lipinski definition) is 2. The molecule has 5 heteroatoms. The van der Waals surface area contributed by atoms with Crippen molar-refractivity contribution in [3.8, 4) is 0 Å². The van der Waals surface area contributed by atoms with Crippen LogP contribution in [0.25, 0.3) is 0 Å². The molecule has 0 spiro atoms. The number of amides is 1. The predicted molar refractivity (Wildman–Crippen MR) is 69.1 cm³/mol. The molecule has 0 aromatic carbocycles. The zero-order valence-electron chi connectivity index (χ0n) is 10.3. The van der Waals surface area contributed by atoms with Crippen LogP contribution in [0.1, 0.15) is 38.2 Å². The van der Waals surface area contributed by atoms with Crippen LogP contribution in [-0.2, 0) is 4.79 Å². The summed E-state index contributed by atoms with van der Waals surface area (Å²) in [6, 6.07) is 0.297. The number of anilines is 1. The summed E-state index contributed by atoms with van der Waals surface area (Å²) in [4.78, 5) is 11.4. The minimum atomic E-state index is -0.200. The van der Waals surface area contributed by atoms with Crippen LogP contribution in [0.3, 0.4) is 0 Å². The molecule has 0 aliphatic heterocycles. The number of hydrogen-bond donors (Lipinski definition) is 1. The van der Waals surface area contributed by atoms with Crippen molar-refractivity contribution >= 4 is 27.5 Å². The van der Waals surface area contributed by atoms with Gasteiger partial charge in [-0.1, -0.05) is 15.9 Å². The third-order valence-electron chi connectivity index (χ3n) is 2.42. The Kier molecular flexibility index (Phi) is 4.13. The zero-order valence-corrected chi connectivity index (χ0v) is 11.9. The maximum absolute atomic E-state index is 11.6. The summed E-state index contributed by atoms with van der Waals surface area (Å²) in [6.45, 7) is 9.80. The fraction of sp³-hybridized carbons (Fsp3) is 0.636. The van der Waals surface area contributed by atoms with E-state index in [-0.39, 0.29) is 10.7 Å². The molecule has 0 saturated heterocycles. The van der Waals surface area contributed by atoms with E-state index in [9.17, 15) is 4.79 Å². The average Bonchev–Trinajstić information content (AvgIpc) is 2.45. The van der Waals surface area contributed by atoms with E-state index >= 15 is 0 Å². The third-order valence-corrected chi connectivity index (χ3v) is 2.84. The number of nitrogens with one attached hydrogen (secondary N) is 1. The third kappa shape index (κ3) is 2.64. The van der Waals surface area contributed by atoms with Gasteiger partial charge in [0, 0.05) is 6.04 Å². The van der Waals surface area contributed by atoms with Gasteiger partial charge in [-0.2, -0.15) is 5.10 Å². The van der Waals surface area contributed by atoms with Gasteiger partial charge < -0.3 is 5.32 Å². The Hall–Kier alpha value is -0.840. The predicted octanol–water partition coefficient (Wildman–Crippen LogP) is 2.80. The number of nitrogens with zero attached hydrogens (tertiary/aromatic N) is 2. The van der Waals surface area contributed by atoms with Crippen molar-refractivity contribution in [1.29, 1.82) is 0 Å². The largest absolute Gasteiger partial charge is 0.322 e. The van der Waals surface area contributed by atoms with Crippen LogP contribution in [-0.4, -0.2) is 20.5 Å². The molecule has 0 fully saturated rings. The van der Waals surface area contributed by atoms with Gasteiger partial charge in [0.15, 0.2) is 0 Å². The molecule has 0 bridgehead atoms. The van der Waals surface area contributed by atoms with Gasteiger partial charge in [-0.05, 0) is 34.6 Å². The molecule has 1 N–H and O–H groups in total. The van der Waals surface area contributed by atoms with Gasteiger partial charge in [0.2, 0.25) is 5.91 Å². The van der Waals surface area contributed by atoms with Gasteiger partial charge in [-0.25, -0.2) is 0 Å². The molecule has 1 amide bonds. The van der Waals surface area contributed by atoms with Crippen molar-refractivity contribution in [2.75, 3.05) is 5.32 Å². The summed E-state index contributed by atoms with van der Waals surface area (Å²) >= 11 is 3.24. The molecule has 0 radical (unpaired) electrons. The topological polar surface area (TPSA) is 46.9 Å². The van der Waals surface area contributed by atoms with Crippen LogP contribution in [0.15, 0.2) is 0 Å². The summed E-state index contributed by atoms with van der Waals surface area (Å²) in [7, 11) is 0. The van der Waals surface area contributed by atoms with E-state index in [1.54, 1.807) is 6.92 Å². The highest BCUT2D eigenvalue weighted by molar-refractivity contribution is 9.10. The molecule has 90 valence electrons. The molecule has 1 unspecified atom stereocenters. The minimum absolute atomic E-state index is 0.0468. The second-order valence-electron chi connectivity index (χ2n) is 4.19. The van der Waals surface area contributed by atoms with E-state index in [1.165, 1.54) is 0 Å². The number of alkyl halides is 1. The van der Waals surface area contributed by atoms with E-state index in [0.29, 0.717) is 6.04 Å². The fourth-order valence-electron chi connectivity index (χ4n) is 1.57. The Morgan fingerprint density at radius 3 is 2.31 bits per heavy atom. The van der Waals surface area contributed by atoms with E-state index < -0.39 is 0 Å². The molecule has 1 atom stereocenters. The van der Waals surface area contributed by atoms with Crippen LogP contribution < -0.4 is 5.32 Å². The number of aryl methyl sites for hydroxylation is 1. The van der Waals surface area contributed by atoms with Crippen molar-refractivity contribution in [2.24, 2.45) is 0 Å². The Labute approximate surface area is 105 Å². The smallest absolute Gasteiger partial charge is 0.237 e. The number of halogens is 1. The molecule has 1 aromatic rings. The first-order valence-corrected chi connectivity index (χ1v) is 6.26. The lowest BCUT2D eigenvalue weighted by molar-refractivity contribution is -0.115. The first-order chi connectivity index (χ1) is 7.34. The summed E-state index contributed by atoms with van der Waals surface area (Å²) in [5.41, 5.74) is 2.67. The van der Waals surface area contributed by atoms with Crippen LogP contribution in [0.4, 0.5) is 5.69 Å². The van der Waals surface area contributed by atoms with E-state index in [0.717, 1.165) is 17.1 Å². The quantitative estimate of drug-likeness (QED) is 0.869. The second kappa shape index (κ2) is 4.99. The molecule has 4 nitrogen and oxygen atoms in total. The average molecular weight is 288 g/mol. The van der Waals surface area contributed by atoms with Gasteiger partial charge in [0.25, 0.3) is 0 Å². The summed E-state index contributed by atoms with van der Waals surface area (Å²) in [5, 5.41) is 7.29. The molecular formula is C11H18BrN3O. The van der Waals surface area contributed by atoms with Crippen molar-refractivity contribution in [3.05, 3.63) is 11.4 Å². The zero-order chi connectivity index (χ0) is 12.5. The Bertz CT molecular complexity index is 396. The van der Waals surface area contributed by atoms with E-state index in [1.807, 2.05) is 18.5 Å². The molecule has 0 aliphatic carbocycles. The maximum atomic E-state index is 11.6. The number of aromatic nitrogens is 2. The first kappa shape index (κ1) is 13.2. The summed E-state index contributed by atoms with van der Waals surface area (Å²) in [6.07, 6.45) is 0. The van der Waals surface area contributed by atoms with Crippen LogP contribution in [0.5, 0.6) is 0 Å². The molecular weight excluding hydrogens is 270 g/mol. The van der Waals surface area contributed by atoms with Crippen LogP contribution in [0, 0.1) is 13.8 Å². The molecule has 0 saturated carbocycles. The fourth-order valence-corrected chi connectivity index (χ4v) is 1.68. The number of carbonyl (C=O) groups excluding carboxylic acids is 1. The van der Waals surface area contributed by atoms with Gasteiger partial charge in [-0.15, -0.1) is 0 Å². The summed E-state index contributed by atoms with van der Waals surface area (Å²) in [5.74, 6) is -0.0468. The Balaban J connectivity index is 3.01. The van der Waals surface area contributed by atoms with Crippen molar-refractivity contribution in [3.63, 3.8) is 0 Å². The van der Waals surface area contributed by atoms with Gasteiger partial charge >= 0.3 is 0 Å². The standard InChI is InChI=1S/C11H18BrN3O/c1-6(2)15-9(5)10(8(4)14-15)13-11(16)7(3)12/h6-7H,1-5H3,(H,13,16). The normalized spacial score (nSPS) is 12.9.